The predicted molar refractivity (Wildman–Crippen MR) is 64.7 cm³/mol. The van der Waals surface area contributed by atoms with Crippen molar-refractivity contribution < 1.29 is 13.2 Å². The summed E-state index contributed by atoms with van der Waals surface area (Å²) in [5, 5.41) is 0. The van der Waals surface area contributed by atoms with Gasteiger partial charge in [-0.3, -0.25) is 0 Å². The molecule has 0 aliphatic heterocycles. The number of alkyl halides is 3. The fourth-order valence-electron chi connectivity index (χ4n) is 2.13. The van der Waals surface area contributed by atoms with Crippen LogP contribution >= 0.6 is 0 Å². The van der Waals surface area contributed by atoms with Crippen LogP contribution in [0.15, 0.2) is 18.2 Å². The average molecular weight is 256 g/mol. The fourth-order valence-corrected chi connectivity index (χ4v) is 2.13. The van der Waals surface area contributed by atoms with E-state index in [-0.39, 0.29) is 5.82 Å². The van der Waals surface area contributed by atoms with E-state index in [0.717, 1.165) is 49.8 Å². The lowest BCUT2D eigenvalue weighted by molar-refractivity contribution is -0.137. The molecule has 1 aromatic rings. The van der Waals surface area contributed by atoms with Crippen LogP contribution in [0.1, 0.15) is 43.4 Å². The molecule has 0 aromatic carbocycles. The minimum Gasteiger partial charge on any atom is -0.384 e. The molecule has 0 fully saturated rings. The summed E-state index contributed by atoms with van der Waals surface area (Å²) in [4.78, 5) is 4.02. The number of hydrogen-bond acceptors (Lipinski definition) is 2. The molecular weight excluding hydrogens is 241 g/mol. The van der Waals surface area contributed by atoms with E-state index < -0.39 is 11.7 Å². The maximum absolute atomic E-state index is 12.7. The van der Waals surface area contributed by atoms with Crippen molar-refractivity contribution in [3.05, 3.63) is 29.5 Å². The Balaban J connectivity index is 2.38. The minimum atomic E-state index is -4.38. The molecule has 1 heterocycles. The summed E-state index contributed by atoms with van der Waals surface area (Å²) < 4.78 is 38.1. The third-order valence-corrected chi connectivity index (χ3v) is 3.04. The fraction of sp³-hybridized carbons (Fsp3) is 0.462. The van der Waals surface area contributed by atoms with Crippen molar-refractivity contribution in [2.45, 2.75) is 38.3 Å². The minimum absolute atomic E-state index is 0.0787. The highest BCUT2D eigenvalue weighted by atomic mass is 19.4. The molecule has 98 valence electrons. The van der Waals surface area contributed by atoms with E-state index in [1.54, 1.807) is 0 Å². The molecule has 0 saturated carbocycles. The van der Waals surface area contributed by atoms with E-state index >= 15 is 0 Å². The standard InChI is InChI=1S/C13H15F3N2/c14-13(15,16)10-7-11(18-12(17)8-10)9-5-3-1-2-4-6-9/h5,7-8H,1-4,6H2,(H2,17,18). The molecular formula is C13H15F3N2. The van der Waals surface area contributed by atoms with Crippen molar-refractivity contribution in [1.29, 1.82) is 0 Å². The van der Waals surface area contributed by atoms with Crippen LogP contribution in [0.3, 0.4) is 0 Å². The first-order chi connectivity index (χ1) is 8.47. The van der Waals surface area contributed by atoms with Crippen molar-refractivity contribution in [3.8, 4) is 0 Å². The smallest absolute Gasteiger partial charge is 0.384 e. The Morgan fingerprint density at radius 3 is 2.61 bits per heavy atom. The SMILES string of the molecule is Nc1cc(C(F)(F)F)cc(C2=CCCCCC2)n1. The van der Waals surface area contributed by atoms with Crippen LogP contribution in [-0.2, 0) is 6.18 Å². The maximum atomic E-state index is 12.7. The summed E-state index contributed by atoms with van der Waals surface area (Å²) >= 11 is 0. The molecule has 5 heteroatoms. The van der Waals surface area contributed by atoms with Crippen molar-refractivity contribution in [1.82, 2.24) is 4.98 Å². The van der Waals surface area contributed by atoms with Crippen LogP contribution in [-0.4, -0.2) is 4.98 Å². The summed E-state index contributed by atoms with van der Waals surface area (Å²) in [7, 11) is 0. The zero-order valence-electron chi connectivity index (χ0n) is 9.93. The molecule has 1 aliphatic rings. The highest BCUT2D eigenvalue weighted by molar-refractivity contribution is 5.64. The van der Waals surface area contributed by atoms with Crippen molar-refractivity contribution in [3.63, 3.8) is 0 Å². The largest absolute Gasteiger partial charge is 0.416 e. The number of halogens is 3. The second-order valence-electron chi connectivity index (χ2n) is 4.49. The Morgan fingerprint density at radius 2 is 1.89 bits per heavy atom. The van der Waals surface area contributed by atoms with Crippen LogP contribution < -0.4 is 5.73 Å². The van der Waals surface area contributed by atoms with Crippen LogP contribution in [0.2, 0.25) is 0 Å². The molecule has 18 heavy (non-hydrogen) atoms. The molecule has 2 nitrogen and oxygen atoms in total. The van der Waals surface area contributed by atoms with E-state index in [9.17, 15) is 13.2 Å². The Labute approximate surface area is 104 Å². The maximum Gasteiger partial charge on any atom is 0.416 e. The van der Waals surface area contributed by atoms with Gasteiger partial charge in [0, 0.05) is 0 Å². The Kier molecular flexibility index (Phi) is 3.59. The van der Waals surface area contributed by atoms with Gasteiger partial charge in [0.1, 0.15) is 5.82 Å². The first kappa shape index (κ1) is 12.9. The second kappa shape index (κ2) is 5.00. The lowest BCUT2D eigenvalue weighted by Gasteiger charge is -2.11. The molecule has 0 spiro atoms. The second-order valence-corrected chi connectivity index (χ2v) is 4.49. The summed E-state index contributed by atoms with van der Waals surface area (Å²) in [5.41, 5.74) is 5.98. The van der Waals surface area contributed by atoms with E-state index in [4.69, 9.17) is 5.73 Å². The summed E-state index contributed by atoms with van der Waals surface area (Å²) in [6, 6.07) is 1.97. The number of nitrogen functional groups attached to an aromatic ring is 1. The highest BCUT2D eigenvalue weighted by Crippen LogP contribution is 2.33. The zero-order valence-corrected chi connectivity index (χ0v) is 9.93. The van der Waals surface area contributed by atoms with Crippen molar-refractivity contribution in [2.75, 3.05) is 5.73 Å². The van der Waals surface area contributed by atoms with Gasteiger partial charge in [0.2, 0.25) is 0 Å². The summed E-state index contributed by atoms with van der Waals surface area (Å²) in [5.74, 6) is -0.0787. The van der Waals surface area contributed by atoms with Gasteiger partial charge in [0.25, 0.3) is 0 Å². The number of nitrogens with two attached hydrogens (primary N) is 1. The first-order valence-electron chi connectivity index (χ1n) is 6.01. The summed E-state index contributed by atoms with van der Waals surface area (Å²) in [6.45, 7) is 0. The topological polar surface area (TPSA) is 38.9 Å². The first-order valence-corrected chi connectivity index (χ1v) is 6.01. The highest BCUT2D eigenvalue weighted by Gasteiger charge is 2.31. The Bertz CT molecular complexity index is 464. The molecule has 0 saturated heterocycles. The molecule has 2 N–H and O–H groups in total. The Morgan fingerprint density at radius 1 is 1.11 bits per heavy atom. The van der Waals surface area contributed by atoms with Crippen molar-refractivity contribution in [2.24, 2.45) is 0 Å². The normalized spacial score (nSPS) is 17.2. The molecule has 1 aromatic heterocycles. The quantitative estimate of drug-likeness (QED) is 0.823. The number of aromatic nitrogens is 1. The number of anilines is 1. The van der Waals surface area contributed by atoms with Gasteiger partial charge in [-0.15, -0.1) is 0 Å². The van der Waals surface area contributed by atoms with Crippen molar-refractivity contribution >= 4 is 11.4 Å². The van der Waals surface area contributed by atoms with Crippen LogP contribution in [0.25, 0.3) is 5.57 Å². The lowest BCUT2D eigenvalue weighted by atomic mass is 10.0. The molecule has 0 unspecified atom stereocenters. The number of rotatable bonds is 1. The van der Waals surface area contributed by atoms with Gasteiger partial charge in [-0.05, 0) is 43.4 Å². The van der Waals surface area contributed by atoms with Crippen LogP contribution in [0.5, 0.6) is 0 Å². The summed E-state index contributed by atoms with van der Waals surface area (Å²) in [6.07, 6.45) is 2.45. The van der Waals surface area contributed by atoms with Gasteiger partial charge in [0.15, 0.2) is 0 Å². The van der Waals surface area contributed by atoms with Gasteiger partial charge in [-0.2, -0.15) is 13.2 Å². The average Bonchev–Trinajstić information content (AvgIpc) is 2.55. The van der Waals surface area contributed by atoms with Gasteiger partial charge in [-0.25, -0.2) is 4.98 Å². The molecule has 2 rings (SSSR count). The van der Waals surface area contributed by atoms with E-state index in [2.05, 4.69) is 4.98 Å². The molecule has 0 atom stereocenters. The van der Waals surface area contributed by atoms with E-state index in [0.29, 0.717) is 5.69 Å². The van der Waals surface area contributed by atoms with Gasteiger partial charge >= 0.3 is 6.18 Å². The van der Waals surface area contributed by atoms with Gasteiger partial charge in [-0.1, -0.05) is 12.5 Å². The molecule has 0 radical (unpaired) electrons. The lowest BCUT2D eigenvalue weighted by Crippen LogP contribution is -2.08. The predicted octanol–water partition coefficient (Wildman–Crippen LogP) is 4.03. The zero-order chi connectivity index (χ0) is 13.2. The molecule has 1 aliphatic carbocycles. The third-order valence-electron chi connectivity index (χ3n) is 3.04. The monoisotopic (exact) mass is 256 g/mol. The number of nitrogens with zero attached hydrogens (tertiary/aromatic N) is 1. The van der Waals surface area contributed by atoms with Gasteiger partial charge < -0.3 is 5.73 Å². The number of allylic oxidation sites excluding steroid dienone is 2. The molecule has 0 bridgehead atoms. The number of hydrogen-bond donors (Lipinski definition) is 1. The molecule has 0 amide bonds. The van der Waals surface area contributed by atoms with Gasteiger partial charge in [0.05, 0.1) is 11.3 Å². The number of pyridine rings is 1. The van der Waals surface area contributed by atoms with Crippen LogP contribution in [0.4, 0.5) is 19.0 Å². The third kappa shape index (κ3) is 3.03. The Hall–Kier alpha value is -1.52. The van der Waals surface area contributed by atoms with E-state index in [1.165, 1.54) is 0 Å². The van der Waals surface area contributed by atoms with E-state index in [1.807, 2.05) is 6.08 Å². The van der Waals surface area contributed by atoms with Crippen LogP contribution in [0, 0.1) is 0 Å².